The molecular weight excluding hydrogens is 196 g/mol. The second-order valence-electron chi connectivity index (χ2n) is 2.11. The average Bonchev–Trinajstić information content (AvgIpc) is 2.56. The van der Waals surface area contributed by atoms with E-state index in [4.69, 9.17) is 11.6 Å². The third kappa shape index (κ3) is 3.12. The monoisotopic (exact) mass is 202 g/mol. The molecule has 0 unspecified atom stereocenters. The Morgan fingerprint density at radius 2 is 2.38 bits per heavy atom. The summed E-state index contributed by atoms with van der Waals surface area (Å²) in [5.41, 5.74) is 0. The van der Waals surface area contributed by atoms with Gasteiger partial charge in [-0.2, -0.15) is 5.10 Å². The minimum Gasteiger partial charge on any atom is -0.292 e. The molecule has 0 saturated carbocycles. The Labute approximate surface area is 78.6 Å². The summed E-state index contributed by atoms with van der Waals surface area (Å²) >= 11 is 5.17. The molecular formula is C6H7ClN4O2. The molecule has 7 heteroatoms. The zero-order chi connectivity index (χ0) is 9.68. The predicted octanol–water partition coefficient (Wildman–Crippen LogP) is 0.297. The standard InChI is InChI=1S/C6H7ClN4O2/c7-3-5(12)10-6(13)9-4-1-2-8-11-4/h1-2H,3H2,(H3,8,9,10,11,12,13). The number of nitrogens with zero attached hydrogens (tertiary/aromatic N) is 1. The smallest absolute Gasteiger partial charge is 0.292 e. The molecule has 1 rings (SSSR count). The summed E-state index contributed by atoms with van der Waals surface area (Å²) in [4.78, 5) is 21.6. The summed E-state index contributed by atoms with van der Waals surface area (Å²) in [7, 11) is 0. The van der Waals surface area contributed by atoms with Gasteiger partial charge in [0.05, 0.1) is 6.20 Å². The summed E-state index contributed by atoms with van der Waals surface area (Å²) in [6.07, 6.45) is 1.47. The lowest BCUT2D eigenvalue weighted by Gasteiger charge is -2.01. The van der Waals surface area contributed by atoms with Crippen LogP contribution in [0.5, 0.6) is 0 Å². The molecule has 0 saturated heterocycles. The summed E-state index contributed by atoms with van der Waals surface area (Å²) in [6.45, 7) is 0. The number of hydrogen-bond acceptors (Lipinski definition) is 3. The number of carbonyl (C=O) groups is 2. The van der Waals surface area contributed by atoms with Crippen molar-refractivity contribution in [2.75, 3.05) is 11.2 Å². The number of rotatable bonds is 2. The number of halogens is 1. The molecule has 0 radical (unpaired) electrons. The van der Waals surface area contributed by atoms with E-state index in [-0.39, 0.29) is 5.88 Å². The number of anilines is 1. The Bertz CT molecular complexity index is 298. The van der Waals surface area contributed by atoms with Gasteiger partial charge in [0.25, 0.3) is 0 Å². The van der Waals surface area contributed by atoms with Gasteiger partial charge in [-0.15, -0.1) is 11.6 Å². The number of alkyl halides is 1. The van der Waals surface area contributed by atoms with Crippen molar-refractivity contribution in [2.24, 2.45) is 0 Å². The molecule has 0 aliphatic rings. The highest BCUT2D eigenvalue weighted by molar-refractivity contribution is 6.28. The topological polar surface area (TPSA) is 86.9 Å². The largest absolute Gasteiger partial charge is 0.327 e. The van der Waals surface area contributed by atoms with Crippen LogP contribution in [-0.2, 0) is 4.79 Å². The molecule has 0 atom stereocenters. The van der Waals surface area contributed by atoms with Crippen LogP contribution in [-0.4, -0.2) is 28.0 Å². The van der Waals surface area contributed by atoms with E-state index >= 15 is 0 Å². The maximum absolute atomic E-state index is 10.9. The molecule has 0 fully saturated rings. The SMILES string of the molecule is O=C(CCl)NC(=O)Nc1ccn[nH]1. The van der Waals surface area contributed by atoms with Crippen molar-refractivity contribution >= 4 is 29.4 Å². The first kappa shape index (κ1) is 9.53. The van der Waals surface area contributed by atoms with E-state index in [1.807, 2.05) is 5.32 Å². The normalized spacial score (nSPS) is 9.31. The van der Waals surface area contributed by atoms with Gasteiger partial charge in [-0.25, -0.2) is 4.79 Å². The minimum atomic E-state index is -0.644. The molecule has 1 aromatic rings. The second kappa shape index (κ2) is 4.46. The van der Waals surface area contributed by atoms with Crippen LogP contribution in [0.3, 0.4) is 0 Å². The van der Waals surface area contributed by atoms with Crippen LogP contribution >= 0.6 is 11.6 Å². The fourth-order valence-electron chi connectivity index (χ4n) is 0.639. The van der Waals surface area contributed by atoms with Crippen molar-refractivity contribution in [1.29, 1.82) is 0 Å². The van der Waals surface area contributed by atoms with E-state index in [0.29, 0.717) is 5.82 Å². The van der Waals surface area contributed by atoms with Gasteiger partial charge in [-0.3, -0.25) is 20.5 Å². The molecule has 0 aliphatic heterocycles. The maximum Gasteiger partial charge on any atom is 0.327 e. The molecule has 3 amide bonds. The number of carbonyl (C=O) groups excluding carboxylic acids is 2. The van der Waals surface area contributed by atoms with E-state index in [9.17, 15) is 9.59 Å². The number of aromatic amines is 1. The van der Waals surface area contributed by atoms with Gasteiger partial charge in [0.15, 0.2) is 0 Å². The van der Waals surface area contributed by atoms with Gasteiger partial charge >= 0.3 is 6.03 Å². The second-order valence-corrected chi connectivity index (χ2v) is 2.37. The number of imide groups is 1. The van der Waals surface area contributed by atoms with Crippen molar-refractivity contribution in [3.63, 3.8) is 0 Å². The van der Waals surface area contributed by atoms with Crippen LogP contribution in [0.2, 0.25) is 0 Å². The summed E-state index contributed by atoms with van der Waals surface area (Å²) in [5.74, 6) is -0.408. The summed E-state index contributed by atoms with van der Waals surface area (Å²) < 4.78 is 0. The first-order valence-electron chi connectivity index (χ1n) is 3.38. The number of urea groups is 1. The lowest BCUT2D eigenvalue weighted by atomic mass is 10.6. The van der Waals surface area contributed by atoms with Crippen LogP contribution in [0, 0.1) is 0 Å². The van der Waals surface area contributed by atoms with Gasteiger partial charge in [0.2, 0.25) is 5.91 Å². The van der Waals surface area contributed by atoms with E-state index in [2.05, 4.69) is 15.5 Å². The maximum atomic E-state index is 10.9. The summed E-state index contributed by atoms with van der Waals surface area (Å²) in [6, 6.07) is 0.903. The Hall–Kier alpha value is -1.56. The van der Waals surface area contributed by atoms with Crippen molar-refractivity contribution in [3.05, 3.63) is 12.3 Å². The molecule has 1 heterocycles. The number of nitrogens with one attached hydrogen (secondary N) is 3. The van der Waals surface area contributed by atoms with Gasteiger partial charge < -0.3 is 0 Å². The van der Waals surface area contributed by atoms with Crippen molar-refractivity contribution in [2.45, 2.75) is 0 Å². The quantitative estimate of drug-likeness (QED) is 0.603. The molecule has 13 heavy (non-hydrogen) atoms. The van der Waals surface area contributed by atoms with Gasteiger partial charge in [0.1, 0.15) is 11.7 Å². The Kier molecular flexibility index (Phi) is 3.27. The Balaban J connectivity index is 2.38. The zero-order valence-electron chi connectivity index (χ0n) is 6.50. The Morgan fingerprint density at radius 3 is 2.92 bits per heavy atom. The Morgan fingerprint density at radius 1 is 1.62 bits per heavy atom. The average molecular weight is 203 g/mol. The fourth-order valence-corrected chi connectivity index (χ4v) is 0.706. The predicted molar refractivity (Wildman–Crippen MR) is 46.5 cm³/mol. The van der Waals surface area contributed by atoms with E-state index < -0.39 is 11.9 Å². The third-order valence-corrected chi connectivity index (χ3v) is 1.37. The van der Waals surface area contributed by atoms with Crippen LogP contribution in [0.1, 0.15) is 0 Å². The molecule has 0 bridgehead atoms. The molecule has 0 aliphatic carbocycles. The number of hydrogen-bond donors (Lipinski definition) is 3. The first-order valence-corrected chi connectivity index (χ1v) is 3.92. The zero-order valence-corrected chi connectivity index (χ0v) is 7.26. The van der Waals surface area contributed by atoms with Crippen molar-refractivity contribution < 1.29 is 9.59 Å². The highest BCUT2D eigenvalue weighted by Gasteiger charge is 2.06. The van der Waals surface area contributed by atoms with Crippen LogP contribution < -0.4 is 10.6 Å². The van der Waals surface area contributed by atoms with Gasteiger partial charge in [0, 0.05) is 6.07 Å². The molecule has 0 aromatic carbocycles. The van der Waals surface area contributed by atoms with Crippen molar-refractivity contribution in [1.82, 2.24) is 15.5 Å². The number of amides is 3. The van der Waals surface area contributed by atoms with Crippen LogP contribution in [0.4, 0.5) is 10.6 Å². The first-order chi connectivity index (χ1) is 6.22. The number of aromatic nitrogens is 2. The molecule has 3 N–H and O–H groups in total. The fraction of sp³-hybridized carbons (Fsp3) is 0.167. The van der Waals surface area contributed by atoms with E-state index in [0.717, 1.165) is 0 Å². The minimum absolute atomic E-state index is 0.254. The lowest BCUT2D eigenvalue weighted by Crippen LogP contribution is -2.35. The molecule has 70 valence electrons. The van der Waals surface area contributed by atoms with Gasteiger partial charge in [-0.1, -0.05) is 0 Å². The molecule has 0 spiro atoms. The highest BCUT2D eigenvalue weighted by atomic mass is 35.5. The molecule has 6 nitrogen and oxygen atoms in total. The molecule has 1 aromatic heterocycles. The van der Waals surface area contributed by atoms with E-state index in [1.165, 1.54) is 6.20 Å². The van der Waals surface area contributed by atoms with Crippen LogP contribution in [0.25, 0.3) is 0 Å². The van der Waals surface area contributed by atoms with Gasteiger partial charge in [-0.05, 0) is 0 Å². The van der Waals surface area contributed by atoms with Crippen molar-refractivity contribution in [3.8, 4) is 0 Å². The number of H-pyrrole nitrogens is 1. The lowest BCUT2D eigenvalue weighted by molar-refractivity contribution is -0.117. The van der Waals surface area contributed by atoms with E-state index in [1.54, 1.807) is 6.07 Å². The highest BCUT2D eigenvalue weighted by Crippen LogP contribution is 1.96. The third-order valence-electron chi connectivity index (χ3n) is 1.12. The van der Waals surface area contributed by atoms with Crippen LogP contribution in [0.15, 0.2) is 12.3 Å². The summed E-state index contributed by atoms with van der Waals surface area (Å²) in [5, 5.41) is 10.4.